The molecule has 3 aromatic rings. The van der Waals surface area contributed by atoms with E-state index in [1.54, 1.807) is 22.4 Å². The first-order valence-corrected chi connectivity index (χ1v) is 12.2. The average Bonchev–Trinajstić information content (AvgIpc) is 3.61. The molecule has 0 N–H and O–H groups in total. The molecular weight excluding hydrogens is 434 g/mol. The number of aromatic nitrogens is 3. The van der Waals surface area contributed by atoms with Gasteiger partial charge in [0.15, 0.2) is 5.13 Å². The van der Waals surface area contributed by atoms with E-state index in [9.17, 15) is 4.79 Å². The summed E-state index contributed by atoms with van der Waals surface area (Å²) in [5.41, 5.74) is 6.29. The number of hydrogen-bond acceptors (Lipinski definition) is 6. The topological polar surface area (TPSA) is 63.5 Å². The first kappa shape index (κ1) is 20.2. The fraction of sp³-hybridized carbons (Fsp3) is 0.320. The molecular formula is C25H25N5O2S. The Morgan fingerprint density at radius 2 is 2.00 bits per heavy atom. The number of carbonyl (C=O) groups is 1. The van der Waals surface area contributed by atoms with Crippen molar-refractivity contribution in [2.75, 3.05) is 31.1 Å². The number of benzene rings is 1. The van der Waals surface area contributed by atoms with Crippen LogP contribution in [0, 0.1) is 0 Å². The second-order valence-electron chi connectivity index (χ2n) is 8.61. The molecule has 0 atom stereocenters. The zero-order chi connectivity index (χ0) is 22.2. The summed E-state index contributed by atoms with van der Waals surface area (Å²) >= 11 is 1.77. The van der Waals surface area contributed by atoms with E-state index < -0.39 is 0 Å². The first-order valence-electron chi connectivity index (χ1n) is 11.4. The predicted molar refractivity (Wildman–Crippen MR) is 128 cm³/mol. The van der Waals surface area contributed by atoms with E-state index in [1.807, 2.05) is 23.1 Å². The van der Waals surface area contributed by atoms with Crippen molar-refractivity contribution in [3.63, 3.8) is 0 Å². The van der Waals surface area contributed by atoms with Crippen molar-refractivity contribution in [3.05, 3.63) is 82.3 Å². The summed E-state index contributed by atoms with van der Waals surface area (Å²) in [5.74, 6) is 0. The Kier molecular flexibility index (Phi) is 5.22. The number of thiazole rings is 1. The smallest absolute Gasteiger partial charge is 0.414 e. The molecule has 1 fully saturated rings. The van der Waals surface area contributed by atoms with E-state index in [0.717, 1.165) is 55.3 Å². The molecule has 1 amide bonds. The van der Waals surface area contributed by atoms with Crippen LogP contribution in [0.2, 0.25) is 0 Å². The lowest BCUT2D eigenvalue weighted by molar-refractivity contribution is 0.163. The van der Waals surface area contributed by atoms with E-state index in [4.69, 9.17) is 9.72 Å². The van der Waals surface area contributed by atoms with Gasteiger partial charge in [-0.2, -0.15) is 5.10 Å². The molecule has 6 rings (SSSR count). The molecule has 4 heterocycles. The van der Waals surface area contributed by atoms with E-state index >= 15 is 0 Å². The third kappa shape index (κ3) is 4.06. The van der Waals surface area contributed by atoms with Crippen molar-refractivity contribution < 1.29 is 9.53 Å². The predicted octanol–water partition coefficient (Wildman–Crippen LogP) is 4.56. The largest absolute Gasteiger partial charge is 0.447 e. The molecule has 168 valence electrons. The zero-order valence-electron chi connectivity index (χ0n) is 18.3. The fourth-order valence-corrected chi connectivity index (χ4v) is 5.73. The van der Waals surface area contributed by atoms with E-state index in [-0.39, 0.29) is 6.09 Å². The molecule has 0 saturated carbocycles. The summed E-state index contributed by atoms with van der Waals surface area (Å²) in [4.78, 5) is 22.1. The third-order valence-corrected chi connectivity index (χ3v) is 7.58. The molecule has 0 bridgehead atoms. The Labute approximate surface area is 196 Å². The second-order valence-corrected chi connectivity index (χ2v) is 9.70. The van der Waals surface area contributed by atoms with E-state index in [1.165, 1.54) is 21.6 Å². The summed E-state index contributed by atoms with van der Waals surface area (Å²) in [5, 5.41) is 5.36. The minimum atomic E-state index is -0.208. The number of rotatable bonds is 5. The number of hydrogen-bond donors (Lipinski definition) is 0. The van der Waals surface area contributed by atoms with Gasteiger partial charge >= 0.3 is 6.09 Å². The fourth-order valence-electron chi connectivity index (χ4n) is 4.76. The highest BCUT2D eigenvalue weighted by Crippen LogP contribution is 2.35. The van der Waals surface area contributed by atoms with Crippen LogP contribution in [0.5, 0.6) is 0 Å². The van der Waals surface area contributed by atoms with Gasteiger partial charge in [-0.25, -0.2) is 14.5 Å². The molecule has 0 radical (unpaired) electrons. The Morgan fingerprint density at radius 3 is 2.79 bits per heavy atom. The van der Waals surface area contributed by atoms with Crippen molar-refractivity contribution in [2.24, 2.45) is 0 Å². The quantitative estimate of drug-likeness (QED) is 0.560. The minimum absolute atomic E-state index is 0.208. The van der Waals surface area contributed by atoms with Crippen LogP contribution in [0.15, 0.2) is 71.8 Å². The number of cyclic esters (lactones) is 1. The van der Waals surface area contributed by atoms with Crippen molar-refractivity contribution in [3.8, 4) is 5.69 Å². The van der Waals surface area contributed by atoms with Crippen molar-refractivity contribution in [1.29, 1.82) is 0 Å². The molecule has 1 saturated heterocycles. The van der Waals surface area contributed by atoms with Gasteiger partial charge in [-0.3, -0.25) is 4.90 Å². The van der Waals surface area contributed by atoms with E-state index in [2.05, 4.69) is 40.3 Å². The van der Waals surface area contributed by atoms with Crippen LogP contribution < -0.4 is 4.90 Å². The number of nitrogens with zero attached hydrogens (tertiary/aromatic N) is 5. The highest BCUT2D eigenvalue weighted by atomic mass is 32.1. The maximum Gasteiger partial charge on any atom is 0.414 e. The third-order valence-electron chi connectivity index (χ3n) is 6.53. The maximum atomic E-state index is 12.0. The number of amides is 1. The molecule has 2 aliphatic heterocycles. The Hall–Kier alpha value is -3.39. The molecule has 33 heavy (non-hydrogen) atoms. The average molecular weight is 460 g/mol. The van der Waals surface area contributed by atoms with Gasteiger partial charge in [-0.1, -0.05) is 17.7 Å². The highest BCUT2D eigenvalue weighted by molar-refractivity contribution is 7.15. The number of carbonyl (C=O) groups excluding carboxylic acids is 1. The normalized spacial score (nSPS) is 18.4. The Morgan fingerprint density at radius 1 is 1.09 bits per heavy atom. The molecule has 8 heteroatoms. The molecule has 1 aromatic carbocycles. The number of allylic oxidation sites excluding steroid dienone is 1. The Bertz CT molecular complexity index is 1230. The lowest BCUT2D eigenvalue weighted by atomic mass is 9.90. The van der Waals surface area contributed by atoms with Crippen LogP contribution in [-0.4, -0.2) is 52.0 Å². The number of ether oxygens (including phenoxy) is 1. The van der Waals surface area contributed by atoms with Gasteiger partial charge in [-0.15, -0.1) is 11.3 Å². The van der Waals surface area contributed by atoms with Crippen molar-refractivity contribution in [2.45, 2.75) is 25.7 Å². The second kappa shape index (κ2) is 8.51. The van der Waals surface area contributed by atoms with Crippen LogP contribution in [0.4, 0.5) is 9.93 Å². The molecule has 1 aliphatic carbocycles. The van der Waals surface area contributed by atoms with E-state index in [0.29, 0.717) is 13.2 Å². The Balaban J connectivity index is 1.13. The van der Waals surface area contributed by atoms with Gasteiger partial charge in [0.25, 0.3) is 0 Å². The zero-order valence-corrected chi connectivity index (χ0v) is 19.1. The van der Waals surface area contributed by atoms with Gasteiger partial charge < -0.3 is 9.64 Å². The standard InChI is InChI=1S/C25H25N5O2S/c31-25-29(12-13-32-25)22-7-4-19-8-11-28(17-20(19)15-22)24-26-16-23(33-24)14-18-2-5-21(6-3-18)30-10-1-9-27-30/h1-3,5-6,9-10,15-16H,4,7-8,11-14,17H2. The molecule has 0 spiro atoms. The monoisotopic (exact) mass is 459 g/mol. The van der Waals surface area contributed by atoms with Gasteiger partial charge in [0, 0.05) is 48.7 Å². The van der Waals surface area contributed by atoms with Crippen LogP contribution in [0.3, 0.4) is 0 Å². The summed E-state index contributed by atoms with van der Waals surface area (Å²) in [6, 6.07) is 10.5. The van der Waals surface area contributed by atoms with Gasteiger partial charge in [-0.05, 0) is 54.7 Å². The summed E-state index contributed by atoms with van der Waals surface area (Å²) < 4.78 is 7.00. The van der Waals surface area contributed by atoms with Gasteiger partial charge in [0.2, 0.25) is 0 Å². The van der Waals surface area contributed by atoms with Gasteiger partial charge in [0.1, 0.15) is 6.61 Å². The molecule has 2 aromatic heterocycles. The molecule has 7 nitrogen and oxygen atoms in total. The SMILES string of the molecule is O=C1OCCN1C1=CC2=C(CC1)CCN(c1ncc(Cc3ccc(-n4cccn4)cc3)s1)C2. The first-order chi connectivity index (χ1) is 16.2. The number of anilines is 1. The lowest BCUT2D eigenvalue weighted by Crippen LogP contribution is -2.33. The highest BCUT2D eigenvalue weighted by Gasteiger charge is 2.29. The van der Waals surface area contributed by atoms with Crippen LogP contribution in [0.25, 0.3) is 5.69 Å². The van der Waals surface area contributed by atoms with Gasteiger partial charge in [0.05, 0.1) is 12.2 Å². The molecule has 0 unspecified atom stereocenters. The summed E-state index contributed by atoms with van der Waals surface area (Å²) in [7, 11) is 0. The summed E-state index contributed by atoms with van der Waals surface area (Å²) in [6.45, 7) is 3.00. The van der Waals surface area contributed by atoms with Crippen LogP contribution in [0.1, 0.15) is 29.7 Å². The van der Waals surface area contributed by atoms with Crippen LogP contribution in [-0.2, 0) is 11.2 Å². The molecule has 3 aliphatic rings. The lowest BCUT2D eigenvalue weighted by Gasteiger charge is -2.33. The van der Waals surface area contributed by atoms with Crippen molar-refractivity contribution in [1.82, 2.24) is 19.7 Å². The van der Waals surface area contributed by atoms with Crippen LogP contribution >= 0.6 is 11.3 Å². The van der Waals surface area contributed by atoms with Crippen molar-refractivity contribution >= 4 is 22.6 Å². The maximum absolute atomic E-state index is 12.0. The summed E-state index contributed by atoms with van der Waals surface area (Å²) in [6.07, 6.45) is 11.7. The minimum Gasteiger partial charge on any atom is -0.447 e.